The van der Waals surface area contributed by atoms with Gasteiger partial charge in [0.05, 0.1) is 10.6 Å². The fourth-order valence-electron chi connectivity index (χ4n) is 3.91. The summed E-state index contributed by atoms with van der Waals surface area (Å²) in [6.07, 6.45) is 8.56. The zero-order valence-corrected chi connectivity index (χ0v) is 15.2. The molecule has 1 aromatic carbocycles. The minimum absolute atomic E-state index is 0.0715. The van der Waals surface area contributed by atoms with Crippen molar-refractivity contribution >= 4 is 34.2 Å². The van der Waals surface area contributed by atoms with Crippen LogP contribution in [0.1, 0.15) is 56.6 Å². The highest BCUT2D eigenvalue weighted by atomic mass is 127. The van der Waals surface area contributed by atoms with Gasteiger partial charge in [0, 0.05) is 16.2 Å². The molecule has 1 spiro atoms. The fraction of sp³-hybridized carbons (Fsp3) is 0.647. The maximum absolute atomic E-state index is 6.56. The maximum atomic E-state index is 6.56. The number of ether oxygens (including phenoxy) is 1. The van der Waals surface area contributed by atoms with Gasteiger partial charge < -0.3 is 10.5 Å². The summed E-state index contributed by atoms with van der Waals surface area (Å²) in [7, 11) is 0. The molecule has 1 heterocycles. The van der Waals surface area contributed by atoms with Crippen LogP contribution >= 0.6 is 34.2 Å². The Morgan fingerprint density at radius 3 is 2.76 bits per heavy atom. The van der Waals surface area contributed by atoms with E-state index in [1.807, 2.05) is 6.07 Å². The Labute approximate surface area is 145 Å². The molecule has 2 N–H and O–H groups in total. The van der Waals surface area contributed by atoms with Gasteiger partial charge >= 0.3 is 0 Å². The maximum Gasteiger partial charge on any atom is 0.0685 e. The Kier molecular flexibility index (Phi) is 5.14. The third kappa shape index (κ3) is 3.57. The summed E-state index contributed by atoms with van der Waals surface area (Å²) in [5.41, 5.74) is 7.84. The number of benzene rings is 1. The molecule has 2 fully saturated rings. The molecule has 116 valence electrons. The van der Waals surface area contributed by atoms with Crippen molar-refractivity contribution in [3.8, 4) is 0 Å². The van der Waals surface area contributed by atoms with E-state index < -0.39 is 0 Å². The molecule has 3 rings (SSSR count). The van der Waals surface area contributed by atoms with Crippen molar-refractivity contribution in [2.24, 2.45) is 11.7 Å². The van der Waals surface area contributed by atoms with E-state index in [1.165, 1.54) is 37.7 Å². The van der Waals surface area contributed by atoms with Gasteiger partial charge in [-0.15, -0.1) is 0 Å². The molecule has 1 saturated heterocycles. The van der Waals surface area contributed by atoms with Gasteiger partial charge in [0.15, 0.2) is 0 Å². The highest BCUT2D eigenvalue weighted by Crippen LogP contribution is 2.43. The van der Waals surface area contributed by atoms with Crippen LogP contribution in [0.2, 0.25) is 5.02 Å². The Balaban J connectivity index is 1.74. The third-order valence-electron chi connectivity index (χ3n) is 5.13. The third-order valence-corrected chi connectivity index (χ3v) is 6.70. The van der Waals surface area contributed by atoms with Crippen molar-refractivity contribution in [3.05, 3.63) is 32.4 Å². The zero-order valence-electron chi connectivity index (χ0n) is 12.3. The molecule has 21 heavy (non-hydrogen) atoms. The van der Waals surface area contributed by atoms with Gasteiger partial charge in [0.2, 0.25) is 0 Å². The molecule has 2 nitrogen and oxygen atoms in total. The van der Waals surface area contributed by atoms with Crippen molar-refractivity contribution in [3.63, 3.8) is 0 Å². The average Bonchev–Trinajstić information content (AvgIpc) is 2.50. The van der Waals surface area contributed by atoms with Crippen LogP contribution in [0.15, 0.2) is 18.2 Å². The molecule has 0 radical (unpaired) electrons. The van der Waals surface area contributed by atoms with Gasteiger partial charge in [-0.2, -0.15) is 0 Å². The number of halogens is 2. The average molecular weight is 420 g/mol. The summed E-state index contributed by atoms with van der Waals surface area (Å²) in [5, 5.41) is 0.808. The lowest BCUT2D eigenvalue weighted by molar-refractivity contribution is -0.120. The summed E-state index contributed by atoms with van der Waals surface area (Å²) in [6, 6.07) is 6.30. The van der Waals surface area contributed by atoms with Crippen molar-refractivity contribution in [1.29, 1.82) is 0 Å². The molecule has 1 aromatic rings. The summed E-state index contributed by atoms with van der Waals surface area (Å²) < 4.78 is 7.27. The van der Waals surface area contributed by atoms with Crippen LogP contribution in [0.5, 0.6) is 0 Å². The van der Waals surface area contributed by atoms with Crippen LogP contribution in [0.3, 0.4) is 0 Å². The first-order valence-electron chi connectivity index (χ1n) is 7.94. The van der Waals surface area contributed by atoms with Crippen molar-refractivity contribution in [1.82, 2.24) is 0 Å². The topological polar surface area (TPSA) is 35.2 Å². The number of rotatable bonds is 2. The van der Waals surface area contributed by atoms with Crippen molar-refractivity contribution in [2.75, 3.05) is 6.61 Å². The smallest absolute Gasteiger partial charge is 0.0685 e. The van der Waals surface area contributed by atoms with Gasteiger partial charge in [0.1, 0.15) is 0 Å². The van der Waals surface area contributed by atoms with E-state index in [9.17, 15) is 0 Å². The predicted octanol–water partition coefficient (Wildman–Crippen LogP) is 5.07. The number of hydrogen-bond donors (Lipinski definition) is 1. The SMILES string of the molecule is NC(c1ccc(I)c(Cl)c1)C1CCOC2(CCCCC2)C1. The van der Waals surface area contributed by atoms with Gasteiger partial charge in [-0.3, -0.25) is 0 Å². The molecule has 4 heteroatoms. The molecule has 2 aliphatic rings. The molecule has 0 bridgehead atoms. The van der Waals surface area contributed by atoms with Gasteiger partial charge in [-0.1, -0.05) is 36.9 Å². The number of hydrogen-bond acceptors (Lipinski definition) is 2. The van der Waals surface area contributed by atoms with Crippen LogP contribution in [-0.4, -0.2) is 12.2 Å². The lowest BCUT2D eigenvalue weighted by atomic mass is 9.73. The van der Waals surface area contributed by atoms with Crippen LogP contribution in [-0.2, 0) is 4.74 Å². The first-order valence-corrected chi connectivity index (χ1v) is 9.40. The second-order valence-electron chi connectivity index (χ2n) is 6.54. The first kappa shape index (κ1) is 16.0. The van der Waals surface area contributed by atoms with Gasteiger partial charge in [-0.25, -0.2) is 0 Å². The van der Waals surface area contributed by atoms with Crippen molar-refractivity contribution in [2.45, 2.75) is 56.6 Å². The van der Waals surface area contributed by atoms with E-state index >= 15 is 0 Å². The predicted molar refractivity (Wildman–Crippen MR) is 95.6 cm³/mol. The molecule has 0 amide bonds. The van der Waals surface area contributed by atoms with Crippen LogP contribution in [0.4, 0.5) is 0 Å². The summed E-state index contributed by atoms with van der Waals surface area (Å²) in [6.45, 7) is 0.858. The summed E-state index contributed by atoms with van der Waals surface area (Å²) >= 11 is 8.51. The van der Waals surface area contributed by atoms with E-state index in [0.29, 0.717) is 5.92 Å². The minimum Gasteiger partial charge on any atom is -0.375 e. The largest absolute Gasteiger partial charge is 0.375 e. The molecule has 0 aromatic heterocycles. The van der Waals surface area contributed by atoms with Crippen molar-refractivity contribution < 1.29 is 4.74 Å². The van der Waals surface area contributed by atoms with E-state index in [-0.39, 0.29) is 11.6 Å². The Bertz CT molecular complexity index is 496. The van der Waals surface area contributed by atoms with E-state index in [1.54, 1.807) is 0 Å². The lowest BCUT2D eigenvalue weighted by Crippen LogP contribution is -2.44. The van der Waals surface area contributed by atoms with Gasteiger partial charge in [0.25, 0.3) is 0 Å². The first-order chi connectivity index (χ1) is 10.1. The Morgan fingerprint density at radius 2 is 2.05 bits per heavy atom. The Morgan fingerprint density at radius 1 is 1.29 bits per heavy atom. The van der Waals surface area contributed by atoms with Crippen LogP contribution < -0.4 is 5.73 Å². The molecule has 1 aliphatic heterocycles. The zero-order chi connectivity index (χ0) is 14.9. The van der Waals surface area contributed by atoms with Crippen LogP contribution in [0, 0.1) is 9.49 Å². The summed E-state index contributed by atoms with van der Waals surface area (Å²) in [4.78, 5) is 0. The second-order valence-corrected chi connectivity index (χ2v) is 8.11. The second kappa shape index (κ2) is 6.73. The van der Waals surface area contributed by atoms with E-state index in [2.05, 4.69) is 34.7 Å². The standard InChI is InChI=1S/C17H23ClINO/c18-14-10-12(4-5-15(14)19)16(20)13-6-9-21-17(11-13)7-2-1-3-8-17/h4-5,10,13,16H,1-3,6-9,11,20H2. The quantitative estimate of drug-likeness (QED) is 0.679. The molecule has 1 aliphatic carbocycles. The highest BCUT2D eigenvalue weighted by Gasteiger charge is 2.40. The van der Waals surface area contributed by atoms with Crippen LogP contribution in [0.25, 0.3) is 0 Å². The normalized spacial score (nSPS) is 26.7. The Hall–Kier alpha value is 0.160. The number of nitrogens with two attached hydrogens (primary N) is 1. The molecular formula is C17H23ClINO. The minimum atomic E-state index is 0.0715. The van der Waals surface area contributed by atoms with E-state index in [0.717, 1.165) is 28.0 Å². The molecule has 2 unspecified atom stereocenters. The fourth-order valence-corrected chi connectivity index (χ4v) is 4.43. The monoisotopic (exact) mass is 419 g/mol. The lowest BCUT2D eigenvalue weighted by Gasteiger charge is -2.45. The van der Waals surface area contributed by atoms with Gasteiger partial charge in [-0.05, 0) is 71.9 Å². The highest BCUT2D eigenvalue weighted by molar-refractivity contribution is 14.1. The summed E-state index contributed by atoms with van der Waals surface area (Å²) in [5.74, 6) is 0.507. The molecule has 1 saturated carbocycles. The molecule has 2 atom stereocenters. The molecular weight excluding hydrogens is 397 g/mol. The van der Waals surface area contributed by atoms with E-state index in [4.69, 9.17) is 22.1 Å².